The molecule has 3 aromatic heterocycles. The normalized spacial score (nSPS) is 11.8. The van der Waals surface area contributed by atoms with E-state index in [9.17, 15) is 8.42 Å². The quantitative estimate of drug-likeness (QED) is 0.389. The van der Waals surface area contributed by atoms with Gasteiger partial charge in [-0.3, -0.25) is 0 Å². The zero-order chi connectivity index (χ0) is 21.3. The van der Waals surface area contributed by atoms with E-state index in [4.69, 9.17) is 16.6 Å². The van der Waals surface area contributed by atoms with Gasteiger partial charge in [-0.1, -0.05) is 29.8 Å². The second-order valence-corrected chi connectivity index (χ2v) is 10.9. The molecule has 4 rings (SSSR count). The van der Waals surface area contributed by atoms with Gasteiger partial charge in [-0.25, -0.2) is 18.1 Å². The smallest absolute Gasteiger partial charge is 0.242 e. The highest BCUT2D eigenvalue weighted by Gasteiger charge is 2.23. The van der Waals surface area contributed by atoms with Gasteiger partial charge in [0.05, 0.1) is 11.4 Å². The minimum atomic E-state index is -3.61. The molecule has 156 valence electrons. The summed E-state index contributed by atoms with van der Waals surface area (Å²) in [5.74, 6) is 0. The molecule has 5 nitrogen and oxygen atoms in total. The number of aromatic nitrogens is 2. The van der Waals surface area contributed by atoms with Crippen LogP contribution in [0.4, 0.5) is 0 Å². The molecule has 0 radical (unpaired) electrons. The molecule has 1 aromatic carbocycles. The summed E-state index contributed by atoms with van der Waals surface area (Å²) in [5.41, 5.74) is 3.26. The summed E-state index contributed by atoms with van der Waals surface area (Å²) < 4.78 is 30.4. The van der Waals surface area contributed by atoms with Crippen LogP contribution in [0, 0.1) is 6.92 Å². The molecule has 0 bridgehead atoms. The van der Waals surface area contributed by atoms with Gasteiger partial charge in [0.1, 0.15) is 9.90 Å². The van der Waals surface area contributed by atoms with E-state index >= 15 is 0 Å². The van der Waals surface area contributed by atoms with E-state index in [2.05, 4.69) is 4.72 Å². The lowest BCUT2D eigenvalue weighted by atomic mass is 10.2. The Morgan fingerprint density at radius 1 is 1.17 bits per heavy atom. The molecule has 0 saturated heterocycles. The van der Waals surface area contributed by atoms with Crippen LogP contribution in [0.3, 0.4) is 0 Å². The lowest BCUT2D eigenvalue weighted by Crippen LogP contribution is -2.26. The van der Waals surface area contributed by atoms with Crippen LogP contribution in [0.25, 0.3) is 22.0 Å². The minimum Gasteiger partial charge on any atom is -0.345 e. The number of nitrogens with one attached hydrogen (secondary N) is 1. The van der Waals surface area contributed by atoms with Crippen LogP contribution in [0.1, 0.15) is 10.6 Å². The van der Waals surface area contributed by atoms with Crippen molar-refractivity contribution in [3.8, 4) is 22.0 Å². The first-order chi connectivity index (χ1) is 14.3. The third-order valence-electron chi connectivity index (χ3n) is 4.89. The standard InChI is InChI=1S/C21H20ClN3O2S3/c1-14-20(30(26,27)23-10-9-17-4-3-11-28-17)12-19(25(14)2)21-24-18(13-29-21)15-5-7-16(22)8-6-15/h3-8,11-13,23H,9-10H2,1-2H3. The number of benzene rings is 1. The Hall–Kier alpha value is -1.97. The summed E-state index contributed by atoms with van der Waals surface area (Å²) >= 11 is 9.08. The minimum absolute atomic E-state index is 0.287. The van der Waals surface area contributed by atoms with Crippen molar-refractivity contribution in [2.45, 2.75) is 18.2 Å². The highest BCUT2D eigenvalue weighted by atomic mass is 35.5. The number of rotatable bonds is 7. The van der Waals surface area contributed by atoms with Crippen molar-refractivity contribution in [2.75, 3.05) is 6.54 Å². The number of thiophene rings is 1. The fourth-order valence-electron chi connectivity index (χ4n) is 3.13. The van der Waals surface area contributed by atoms with Crippen molar-refractivity contribution < 1.29 is 8.42 Å². The lowest BCUT2D eigenvalue weighted by molar-refractivity contribution is 0.580. The van der Waals surface area contributed by atoms with Gasteiger partial charge in [0.15, 0.2) is 0 Å². The third kappa shape index (κ3) is 4.38. The number of nitrogens with zero attached hydrogens (tertiary/aromatic N) is 2. The maximum atomic E-state index is 12.9. The Morgan fingerprint density at radius 2 is 1.93 bits per heavy atom. The molecule has 0 spiro atoms. The molecular weight excluding hydrogens is 458 g/mol. The number of thiazole rings is 1. The van der Waals surface area contributed by atoms with E-state index in [0.29, 0.717) is 23.7 Å². The molecule has 0 aliphatic heterocycles. The Labute approximate surface area is 189 Å². The molecular formula is C21H20ClN3O2S3. The van der Waals surface area contributed by atoms with Crippen molar-refractivity contribution in [1.82, 2.24) is 14.3 Å². The van der Waals surface area contributed by atoms with Crippen LogP contribution in [0.15, 0.2) is 58.1 Å². The highest BCUT2D eigenvalue weighted by Crippen LogP contribution is 2.33. The number of halogens is 1. The predicted molar refractivity (Wildman–Crippen MR) is 125 cm³/mol. The molecule has 0 amide bonds. The van der Waals surface area contributed by atoms with Gasteiger partial charge < -0.3 is 4.57 Å². The van der Waals surface area contributed by atoms with E-state index in [0.717, 1.165) is 26.8 Å². The van der Waals surface area contributed by atoms with Crippen molar-refractivity contribution in [3.63, 3.8) is 0 Å². The largest absolute Gasteiger partial charge is 0.345 e. The average molecular weight is 478 g/mol. The molecule has 0 fully saturated rings. The Kier molecular flexibility index (Phi) is 6.13. The van der Waals surface area contributed by atoms with E-state index in [-0.39, 0.29) is 4.90 Å². The van der Waals surface area contributed by atoms with E-state index in [1.807, 2.05) is 65.7 Å². The van der Waals surface area contributed by atoms with Gasteiger partial charge in [-0.05, 0) is 43.0 Å². The predicted octanol–water partition coefficient (Wildman–Crippen LogP) is 5.36. The van der Waals surface area contributed by atoms with Crippen LogP contribution >= 0.6 is 34.3 Å². The van der Waals surface area contributed by atoms with Gasteiger partial charge in [0.25, 0.3) is 0 Å². The first-order valence-electron chi connectivity index (χ1n) is 9.25. The Morgan fingerprint density at radius 3 is 2.63 bits per heavy atom. The Balaban J connectivity index is 1.57. The zero-order valence-corrected chi connectivity index (χ0v) is 19.6. The first-order valence-corrected chi connectivity index (χ1v) is 12.9. The SMILES string of the molecule is Cc1c(S(=O)(=O)NCCc2cccs2)cc(-c2nc(-c3ccc(Cl)cc3)cs2)n1C. The summed E-state index contributed by atoms with van der Waals surface area (Å²) in [6.07, 6.45) is 0.673. The molecule has 0 saturated carbocycles. The first kappa shape index (κ1) is 21.3. The zero-order valence-electron chi connectivity index (χ0n) is 16.4. The van der Waals surface area contributed by atoms with Gasteiger partial charge in [-0.2, -0.15) is 0 Å². The van der Waals surface area contributed by atoms with E-state index in [1.54, 1.807) is 17.4 Å². The fourth-order valence-corrected chi connectivity index (χ4v) is 6.17. The summed E-state index contributed by atoms with van der Waals surface area (Å²) in [4.78, 5) is 6.15. The van der Waals surface area contributed by atoms with E-state index in [1.165, 1.54) is 11.3 Å². The van der Waals surface area contributed by atoms with Gasteiger partial charge in [0.2, 0.25) is 10.0 Å². The van der Waals surface area contributed by atoms with Gasteiger partial charge in [0, 0.05) is 40.1 Å². The third-order valence-corrected chi connectivity index (χ3v) is 8.51. The summed E-state index contributed by atoms with van der Waals surface area (Å²) in [6, 6.07) is 13.2. The van der Waals surface area contributed by atoms with Crippen molar-refractivity contribution in [1.29, 1.82) is 0 Å². The van der Waals surface area contributed by atoms with Crippen LogP contribution in [0.2, 0.25) is 5.02 Å². The second-order valence-electron chi connectivity index (χ2n) is 6.81. The molecule has 0 atom stereocenters. The van der Waals surface area contributed by atoms with Gasteiger partial charge in [-0.15, -0.1) is 22.7 Å². The lowest BCUT2D eigenvalue weighted by Gasteiger charge is -2.06. The molecule has 1 N–H and O–H groups in total. The molecule has 0 aliphatic rings. The molecule has 3 heterocycles. The van der Waals surface area contributed by atoms with Crippen LogP contribution in [-0.2, 0) is 23.5 Å². The summed E-state index contributed by atoms with van der Waals surface area (Å²) in [6.45, 7) is 2.18. The average Bonchev–Trinajstić information content (AvgIpc) is 3.45. The number of hydrogen-bond acceptors (Lipinski definition) is 5. The molecule has 9 heteroatoms. The number of sulfonamides is 1. The molecule has 30 heavy (non-hydrogen) atoms. The molecule has 0 aliphatic carbocycles. The summed E-state index contributed by atoms with van der Waals surface area (Å²) in [7, 11) is -1.75. The van der Waals surface area contributed by atoms with Crippen LogP contribution in [-0.4, -0.2) is 24.5 Å². The van der Waals surface area contributed by atoms with Gasteiger partial charge >= 0.3 is 0 Å². The maximum Gasteiger partial charge on any atom is 0.242 e. The fraction of sp³-hybridized carbons (Fsp3) is 0.190. The molecule has 0 unspecified atom stereocenters. The van der Waals surface area contributed by atoms with Crippen LogP contribution < -0.4 is 4.72 Å². The van der Waals surface area contributed by atoms with Crippen molar-refractivity contribution in [2.24, 2.45) is 7.05 Å². The topological polar surface area (TPSA) is 64.0 Å². The monoisotopic (exact) mass is 477 g/mol. The van der Waals surface area contributed by atoms with E-state index < -0.39 is 10.0 Å². The second kappa shape index (κ2) is 8.64. The van der Waals surface area contributed by atoms with Crippen LogP contribution in [0.5, 0.6) is 0 Å². The van der Waals surface area contributed by atoms with Crippen molar-refractivity contribution >= 4 is 44.3 Å². The maximum absolute atomic E-state index is 12.9. The molecule has 4 aromatic rings. The summed E-state index contributed by atoms with van der Waals surface area (Å²) in [5, 5.41) is 5.40. The number of hydrogen-bond donors (Lipinski definition) is 1. The Bertz CT molecular complexity index is 1260. The highest BCUT2D eigenvalue weighted by molar-refractivity contribution is 7.89. The van der Waals surface area contributed by atoms with Crippen molar-refractivity contribution in [3.05, 3.63) is 68.8 Å².